The molecule has 1 aliphatic carbocycles. The summed E-state index contributed by atoms with van der Waals surface area (Å²) in [4.78, 5) is 4.46. The molecule has 17 heavy (non-hydrogen) atoms. The SMILES string of the molecule is COc1c(C)cnc(CC2(O)CCCC2)c1C. The third kappa shape index (κ3) is 2.44. The molecular formula is C14H21NO2. The average molecular weight is 235 g/mol. The third-order valence-electron chi connectivity index (χ3n) is 3.78. The molecule has 0 aromatic carbocycles. The molecule has 3 nitrogen and oxygen atoms in total. The van der Waals surface area contributed by atoms with Crippen LogP contribution >= 0.6 is 0 Å². The van der Waals surface area contributed by atoms with Crippen LogP contribution in [0.15, 0.2) is 6.20 Å². The van der Waals surface area contributed by atoms with Crippen LogP contribution in [0.3, 0.4) is 0 Å². The summed E-state index contributed by atoms with van der Waals surface area (Å²) in [6.45, 7) is 4.01. The molecule has 94 valence electrons. The van der Waals surface area contributed by atoms with E-state index in [4.69, 9.17) is 4.74 Å². The Morgan fingerprint density at radius 3 is 2.59 bits per heavy atom. The maximum Gasteiger partial charge on any atom is 0.128 e. The predicted molar refractivity (Wildman–Crippen MR) is 67.4 cm³/mol. The van der Waals surface area contributed by atoms with E-state index >= 15 is 0 Å². The first-order valence-corrected chi connectivity index (χ1v) is 6.27. The fourth-order valence-corrected chi connectivity index (χ4v) is 2.77. The van der Waals surface area contributed by atoms with Crippen LogP contribution in [0.5, 0.6) is 5.75 Å². The summed E-state index contributed by atoms with van der Waals surface area (Å²) in [5.74, 6) is 0.900. The minimum atomic E-state index is -0.544. The molecule has 0 spiro atoms. The lowest BCUT2D eigenvalue weighted by Crippen LogP contribution is -2.28. The summed E-state index contributed by atoms with van der Waals surface area (Å²) in [6.07, 6.45) is 6.51. The van der Waals surface area contributed by atoms with Crippen LogP contribution in [0.4, 0.5) is 0 Å². The molecule has 0 radical (unpaired) electrons. The molecule has 0 aliphatic heterocycles. The van der Waals surface area contributed by atoms with Crippen LogP contribution < -0.4 is 4.74 Å². The molecule has 1 N–H and O–H groups in total. The van der Waals surface area contributed by atoms with Gasteiger partial charge in [-0.25, -0.2) is 0 Å². The molecule has 0 atom stereocenters. The van der Waals surface area contributed by atoms with Crippen molar-refractivity contribution in [3.05, 3.63) is 23.0 Å². The smallest absolute Gasteiger partial charge is 0.128 e. The normalized spacial score (nSPS) is 18.4. The zero-order valence-corrected chi connectivity index (χ0v) is 10.9. The number of hydrogen-bond donors (Lipinski definition) is 1. The van der Waals surface area contributed by atoms with Crippen LogP contribution in [0.25, 0.3) is 0 Å². The summed E-state index contributed by atoms with van der Waals surface area (Å²) in [5, 5.41) is 10.4. The maximum atomic E-state index is 10.4. The quantitative estimate of drug-likeness (QED) is 0.875. The summed E-state index contributed by atoms with van der Waals surface area (Å²) in [5.41, 5.74) is 2.54. The Hall–Kier alpha value is -1.09. The third-order valence-corrected chi connectivity index (χ3v) is 3.78. The largest absolute Gasteiger partial charge is 0.496 e. The minimum Gasteiger partial charge on any atom is -0.496 e. The van der Waals surface area contributed by atoms with Crippen molar-refractivity contribution in [2.24, 2.45) is 0 Å². The highest BCUT2D eigenvalue weighted by molar-refractivity contribution is 5.41. The van der Waals surface area contributed by atoms with Crippen LogP contribution in [0, 0.1) is 13.8 Å². The molecule has 1 aliphatic rings. The second-order valence-electron chi connectivity index (χ2n) is 5.15. The molecule has 3 heteroatoms. The molecule has 1 heterocycles. The van der Waals surface area contributed by atoms with Gasteiger partial charge in [-0.2, -0.15) is 0 Å². The van der Waals surface area contributed by atoms with E-state index in [0.29, 0.717) is 6.42 Å². The van der Waals surface area contributed by atoms with Gasteiger partial charge in [-0.05, 0) is 26.7 Å². The highest BCUT2D eigenvalue weighted by Crippen LogP contribution is 2.34. The van der Waals surface area contributed by atoms with Crippen molar-refractivity contribution in [2.75, 3.05) is 7.11 Å². The number of ether oxygens (including phenoxy) is 1. The van der Waals surface area contributed by atoms with Crippen molar-refractivity contribution in [1.82, 2.24) is 4.98 Å². The van der Waals surface area contributed by atoms with E-state index in [1.165, 1.54) is 0 Å². The Bertz CT molecular complexity index is 409. The molecular weight excluding hydrogens is 214 g/mol. The number of methoxy groups -OCH3 is 1. The molecule has 0 saturated heterocycles. The molecule has 1 aromatic rings. The molecule has 1 saturated carbocycles. The minimum absolute atomic E-state index is 0.544. The number of aliphatic hydroxyl groups is 1. The second kappa shape index (κ2) is 4.65. The van der Waals surface area contributed by atoms with Gasteiger partial charge in [0.25, 0.3) is 0 Å². The van der Waals surface area contributed by atoms with Gasteiger partial charge >= 0.3 is 0 Å². The van der Waals surface area contributed by atoms with Gasteiger partial charge in [0, 0.05) is 29.4 Å². The van der Waals surface area contributed by atoms with Gasteiger partial charge in [0.2, 0.25) is 0 Å². The lowest BCUT2D eigenvalue weighted by Gasteiger charge is -2.23. The van der Waals surface area contributed by atoms with Crippen LogP contribution in [-0.4, -0.2) is 22.8 Å². The van der Waals surface area contributed by atoms with Crippen LogP contribution in [-0.2, 0) is 6.42 Å². The van der Waals surface area contributed by atoms with Crippen molar-refractivity contribution in [3.63, 3.8) is 0 Å². The summed E-state index contributed by atoms with van der Waals surface area (Å²) >= 11 is 0. The van der Waals surface area contributed by atoms with Crippen LogP contribution in [0.2, 0.25) is 0 Å². The van der Waals surface area contributed by atoms with E-state index in [0.717, 1.165) is 48.3 Å². The van der Waals surface area contributed by atoms with Crippen molar-refractivity contribution in [3.8, 4) is 5.75 Å². The van der Waals surface area contributed by atoms with E-state index < -0.39 is 5.60 Å². The van der Waals surface area contributed by atoms with Gasteiger partial charge in [-0.3, -0.25) is 4.98 Å². The zero-order chi connectivity index (χ0) is 12.5. The van der Waals surface area contributed by atoms with Crippen molar-refractivity contribution in [2.45, 2.75) is 51.6 Å². The Morgan fingerprint density at radius 2 is 2.00 bits per heavy atom. The number of aryl methyl sites for hydroxylation is 1. The molecule has 0 unspecified atom stereocenters. The summed E-state index contributed by atoms with van der Waals surface area (Å²) in [6, 6.07) is 0. The van der Waals surface area contributed by atoms with Crippen molar-refractivity contribution < 1.29 is 9.84 Å². The van der Waals surface area contributed by atoms with Crippen molar-refractivity contribution >= 4 is 0 Å². The van der Waals surface area contributed by atoms with Gasteiger partial charge in [0.15, 0.2) is 0 Å². The number of hydrogen-bond acceptors (Lipinski definition) is 3. The first-order chi connectivity index (χ1) is 8.06. The van der Waals surface area contributed by atoms with E-state index in [1.54, 1.807) is 7.11 Å². The lowest BCUT2D eigenvalue weighted by atomic mass is 9.93. The van der Waals surface area contributed by atoms with Gasteiger partial charge in [-0.1, -0.05) is 12.8 Å². The van der Waals surface area contributed by atoms with Gasteiger partial charge in [0.1, 0.15) is 5.75 Å². The first-order valence-electron chi connectivity index (χ1n) is 6.27. The van der Waals surface area contributed by atoms with E-state index in [2.05, 4.69) is 4.98 Å². The van der Waals surface area contributed by atoms with Gasteiger partial charge < -0.3 is 9.84 Å². The number of rotatable bonds is 3. The fourth-order valence-electron chi connectivity index (χ4n) is 2.77. The van der Waals surface area contributed by atoms with E-state index in [-0.39, 0.29) is 0 Å². The van der Waals surface area contributed by atoms with Crippen LogP contribution in [0.1, 0.15) is 42.5 Å². The first kappa shape index (κ1) is 12.4. The Labute approximate surface area is 103 Å². The summed E-state index contributed by atoms with van der Waals surface area (Å²) < 4.78 is 5.39. The fraction of sp³-hybridized carbons (Fsp3) is 0.643. The predicted octanol–water partition coefficient (Wildman–Crippen LogP) is 2.55. The monoisotopic (exact) mass is 235 g/mol. The number of pyridine rings is 1. The van der Waals surface area contributed by atoms with E-state index in [1.807, 2.05) is 20.0 Å². The zero-order valence-electron chi connectivity index (χ0n) is 10.9. The number of nitrogens with zero attached hydrogens (tertiary/aromatic N) is 1. The Balaban J connectivity index is 2.27. The van der Waals surface area contributed by atoms with Gasteiger partial charge in [-0.15, -0.1) is 0 Å². The molecule has 0 amide bonds. The van der Waals surface area contributed by atoms with Crippen molar-refractivity contribution in [1.29, 1.82) is 0 Å². The molecule has 0 bridgehead atoms. The topological polar surface area (TPSA) is 42.4 Å². The average Bonchev–Trinajstić information content (AvgIpc) is 2.71. The maximum absolute atomic E-state index is 10.4. The molecule has 1 aromatic heterocycles. The lowest BCUT2D eigenvalue weighted by molar-refractivity contribution is 0.0470. The highest BCUT2D eigenvalue weighted by Gasteiger charge is 2.32. The second-order valence-corrected chi connectivity index (χ2v) is 5.15. The Morgan fingerprint density at radius 1 is 1.35 bits per heavy atom. The van der Waals surface area contributed by atoms with E-state index in [9.17, 15) is 5.11 Å². The highest BCUT2D eigenvalue weighted by atomic mass is 16.5. The van der Waals surface area contributed by atoms with Gasteiger partial charge in [0.05, 0.1) is 12.7 Å². The molecule has 2 rings (SSSR count). The molecule has 1 fully saturated rings. The summed E-state index contributed by atoms with van der Waals surface area (Å²) in [7, 11) is 1.68. The Kier molecular flexibility index (Phi) is 3.38. The number of aromatic nitrogens is 1. The standard InChI is InChI=1S/C14H21NO2/c1-10-9-15-12(11(2)13(10)17-3)8-14(16)6-4-5-7-14/h9,16H,4-8H2,1-3H3.